The summed E-state index contributed by atoms with van der Waals surface area (Å²) >= 11 is 1.74. The minimum atomic E-state index is 1.11. The number of para-hydroxylation sites is 1. The maximum absolute atomic E-state index is 3.39. The smallest absolute Gasteiger partial charge is 0.0477 e. The Hall–Kier alpha value is -1.61. The molecule has 0 radical (unpaired) electrons. The molecule has 0 bridgehead atoms. The highest BCUT2D eigenvalue weighted by molar-refractivity contribution is 7.98. The first-order valence-electron chi connectivity index (χ1n) is 5.51. The SMILES string of the molecule is CNc1ccc(Nc2ccccc2)cc1SC. The molecule has 17 heavy (non-hydrogen) atoms. The Morgan fingerprint density at radius 2 is 1.71 bits per heavy atom. The van der Waals surface area contributed by atoms with Crippen molar-refractivity contribution in [3.8, 4) is 0 Å². The Labute approximate surface area is 106 Å². The molecule has 0 spiro atoms. The van der Waals surface area contributed by atoms with Crippen LogP contribution in [0.15, 0.2) is 53.4 Å². The van der Waals surface area contributed by atoms with E-state index in [9.17, 15) is 0 Å². The van der Waals surface area contributed by atoms with E-state index in [0.29, 0.717) is 0 Å². The minimum Gasteiger partial charge on any atom is -0.387 e. The van der Waals surface area contributed by atoms with E-state index < -0.39 is 0 Å². The van der Waals surface area contributed by atoms with Crippen molar-refractivity contribution in [2.45, 2.75) is 4.90 Å². The number of anilines is 3. The van der Waals surface area contributed by atoms with Gasteiger partial charge < -0.3 is 10.6 Å². The van der Waals surface area contributed by atoms with Gasteiger partial charge in [-0.05, 0) is 36.6 Å². The third kappa shape index (κ3) is 2.94. The van der Waals surface area contributed by atoms with E-state index in [0.717, 1.165) is 17.1 Å². The van der Waals surface area contributed by atoms with E-state index in [4.69, 9.17) is 0 Å². The number of thioether (sulfide) groups is 1. The Morgan fingerprint density at radius 1 is 0.941 bits per heavy atom. The second-order valence-electron chi connectivity index (χ2n) is 3.66. The highest BCUT2D eigenvalue weighted by atomic mass is 32.2. The van der Waals surface area contributed by atoms with Crippen LogP contribution in [0.4, 0.5) is 17.1 Å². The van der Waals surface area contributed by atoms with Crippen LogP contribution in [0.1, 0.15) is 0 Å². The van der Waals surface area contributed by atoms with Gasteiger partial charge in [0.2, 0.25) is 0 Å². The van der Waals surface area contributed by atoms with Crippen LogP contribution in [0.25, 0.3) is 0 Å². The van der Waals surface area contributed by atoms with Crippen molar-refractivity contribution in [1.29, 1.82) is 0 Å². The van der Waals surface area contributed by atoms with Gasteiger partial charge in [0.25, 0.3) is 0 Å². The second-order valence-corrected chi connectivity index (χ2v) is 4.50. The largest absolute Gasteiger partial charge is 0.387 e. The maximum Gasteiger partial charge on any atom is 0.0477 e. The first kappa shape index (κ1) is 11.9. The van der Waals surface area contributed by atoms with E-state index in [2.05, 4.69) is 47.2 Å². The van der Waals surface area contributed by atoms with Crippen LogP contribution in [-0.4, -0.2) is 13.3 Å². The van der Waals surface area contributed by atoms with Crippen molar-refractivity contribution in [2.24, 2.45) is 0 Å². The fourth-order valence-corrected chi connectivity index (χ4v) is 2.30. The van der Waals surface area contributed by atoms with Crippen molar-refractivity contribution in [3.05, 3.63) is 48.5 Å². The maximum atomic E-state index is 3.39. The average molecular weight is 244 g/mol. The Balaban J connectivity index is 2.22. The minimum absolute atomic E-state index is 1.11. The van der Waals surface area contributed by atoms with E-state index in [1.54, 1.807) is 11.8 Å². The van der Waals surface area contributed by atoms with Crippen LogP contribution >= 0.6 is 11.8 Å². The molecule has 0 heterocycles. The van der Waals surface area contributed by atoms with Crippen molar-refractivity contribution in [2.75, 3.05) is 23.9 Å². The molecule has 0 aliphatic heterocycles. The highest BCUT2D eigenvalue weighted by Crippen LogP contribution is 2.29. The lowest BCUT2D eigenvalue weighted by Crippen LogP contribution is -1.94. The van der Waals surface area contributed by atoms with Gasteiger partial charge in [0.05, 0.1) is 0 Å². The molecule has 0 aliphatic carbocycles. The molecule has 0 amide bonds. The molecule has 88 valence electrons. The van der Waals surface area contributed by atoms with Crippen LogP contribution < -0.4 is 10.6 Å². The van der Waals surface area contributed by atoms with E-state index in [-0.39, 0.29) is 0 Å². The summed E-state index contributed by atoms with van der Waals surface area (Å²) in [6, 6.07) is 16.5. The van der Waals surface area contributed by atoms with Crippen LogP contribution in [0.5, 0.6) is 0 Å². The molecule has 0 atom stereocenters. The molecule has 2 aromatic rings. The van der Waals surface area contributed by atoms with E-state index in [1.807, 2.05) is 25.2 Å². The van der Waals surface area contributed by atoms with Crippen LogP contribution in [0, 0.1) is 0 Å². The van der Waals surface area contributed by atoms with E-state index >= 15 is 0 Å². The lowest BCUT2D eigenvalue weighted by Gasteiger charge is -2.11. The quantitative estimate of drug-likeness (QED) is 0.788. The Morgan fingerprint density at radius 3 is 2.35 bits per heavy atom. The summed E-state index contributed by atoms with van der Waals surface area (Å²) in [5.41, 5.74) is 3.38. The fraction of sp³-hybridized carbons (Fsp3) is 0.143. The molecule has 2 nitrogen and oxygen atoms in total. The molecular weight excluding hydrogens is 228 g/mol. The standard InChI is InChI=1S/C14H16N2S/c1-15-13-9-8-12(10-14(13)17-2)16-11-6-4-3-5-7-11/h3-10,15-16H,1-2H3. The third-order valence-electron chi connectivity index (χ3n) is 2.53. The van der Waals surface area contributed by atoms with E-state index in [1.165, 1.54) is 4.90 Å². The highest BCUT2D eigenvalue weighted by Gasteiger charge is 2.01. The predicted octanol–water partition coefficient (Wildman–Crippen LogP) is 4.19. The lowest BCUT2D eigenvalue weighted by molar-refractivity contribution is 1.38. The van der Waals surface area contributed by atoms with Crippen LogP contribution in [0.2, 0.25) is 0 Å². The summed E-state index contributed by atoms with van der Waals surface area (Å²) in [5.74, 6) is 0. The van der Waals surface area contributed by atoms with Gasteiger partial charge in [-0.1, -0.05) is 18.2 Å². The molecule has 3 heteroatoms. The van der Waals surface area contributed by atoms with Gasteiger partial charge in [0.1, 0.15) is 0 Å². The number of benzene rings is 2. The topological polar surface area (TPSA) is 24.1 Å². The molecule has 0 fully saturated rings. The molecule has 0 aliphatic rings. The van der Waals surface area contributed by atoms with Crippen LogP contribution in [-0.2, 0) is 0 Å². The van der Waals surface area contributed by atoms with Crippen molar-refractivity contribution in [1.82, 2.24) is 0 Å². The Bertz CT molecular complexity index is 483. The summed E-state index contributed by atoms with van der Waals surface area (Å²) in [5, 5.41) is 6.58. The lowest BCUT2D eigenvalue weighted by atomic mass is 10.2. The van der Waals surface area contributed by atoms with Gasteiger partial charge in [0, 0.05) is 29.0 Å². The number of hydrogen-bond acceptors (Lipinski definition) is 3. The van der Waals surface area contributed by atoms with Crippen LogP contribution in [0.3, 0.4) is 0 Å². The van der Waals surface area contributed by atoms with Gasteiger partial charge in [-0.3, -0.25) is 0 Å². The second kappa shape index (κ2) is 5.64. The molecule has 2 rings (SSSR count). The van der Waals surface area contributed by atoms with Gasteiger partial charge in [-0.2, -0.15) is 0 Å². The van der Waals surface area contributed by atoms with Gasteiger partial charge in [0.15, 0.2) is 0 Å². The zero-order valence-corrected chi connectivity index (χ0v) is 10.8. The zero-order valence-electron chi connectivity index (χ0n) is 10.0. The molecule has 2 aromatic carbocycles. The van der Waals surface area contributed by atoms with Gasteiger partial charge in [-0.15, -0.1) is 11.8 Å². The molecule has 0 aromatic heterocycles. The molecule has 0 saturated carbocycles. The summed E-state index contributed by atoms with van der Waals surface area (Å²) in [7, 11) is 1.94. The third-order valence-corrected chi connectivity index (χ3v) is 3.31. The normalized spacial score (nSPS) is 10.0. The summed E-state index contributed by atoms with van der Waals surface area (Å²) in [4.78, 5) is 1.24. The molecule has 0 saturated heterocycles. The monoisotopic (exact) mass is 244 g/mol. The molecular formula is C14H16N2S. The Kier molecular flexibility index (Phi) is 3.94. The van der Waals surface area contributed by atoms with Gasteiger partial charge >= 0.3 is 0 Å². The van der Waals surface area contributed by atoms with Crippen molar-refractivity contribution >= 4 is 28.8 Å². The first-order valence-corrected chi connectivity index (χ1v) is 6.74. The molecule has 0 unspecified atom stereocenters. The summed E-state index contributed by atoms with van der Waals surface area (Å²) < 4.78 is 0. The average Bonchev–Trinajstić information content (AvgIpc) is 2.40. The fourth-order valence-electron chi connectivity index (χ4n) is 1.66. The number of hydrogen-bond donors (Lipinski definition) is 2. The zero-order chi connectivity index (χ0) is 12.1. The van der Waals surface area contributed by atoms with Crippen molar-refractivity contribution < 1.29 is 0 Å². The number of nitrogens with one attached hydrogen (secondary N) is 2. The predicted molar refractivity (Wildman–Crippen MR) is 77.5 cm³/mol. The number of rotatable bonds is 4. The summed E-state index contributed by atoms with van der Waals surface area (Å²) in [6.07, 6.45) is 2.09. The first-order chi connectivity index (χ1) is 8.33. The van der Waals surface area contributed by atoms with Gasteiger partial charge in [-0.25, -0.2) is 0 Å². The summed E-state index contributed by atoms with van der Waals surface area (Å²) in [6.45, 7) is 0. The van der Waals surface area contributed by atoms with Crippen molar-refractivity contribution in [3.63, 3.8) is 0 Å². The molecule has 2 N–H and O–H groups in total.